The maximum absolute atomic E-state index is 5.19. The Labute approximate surface area is 258 Å². The molecule has 0 radical (unpaired) electrons. The molecule has 1 atom stereocenters. The molecular weight excluding hydrogens is 536 g/mol. The van der Waals surface area contributed by atoms with Crippen molar-refractivity contribution in [3.8, 4) is 33.9 Å². The van der Waals surface area contributed by atoms with Gasteiger partial charge in [-0.25, -0.2) is 9.98 Å². The van der Waals surface area contributed by atoms with Gasteiger partial charge in [0, 0.05) is 22.3 Å². The molecule has 4 heteroatoms. The summed E-state index contributed by atoms with van der Waals surface area (Å²) < 4.78 is 0. The Balaban J connectivity index is 1.31. The van der Waals surface area contributed by atoms with E-state index in [1.54, 1.807) is 0 Å². The maximum Gasteiger partial charge on any atom is 0.155 e. The lowest BCUT2D eigenvalue weighted by molar-refractivity contribution is 0.984. The SMILES string of the molecule is Cc1ccc(C2=NC(c3cccc(-c4nc(-c5ccc(C)cc5)c(-c5ccc(C)cc5)[nH]4)c3)=NC2c2ccc(C)cc2)cc1. The maximum atomic E-state index is 5.19. The van der Waals surface area contributed by atoms with Crippen LogP contribution in [0, 0.1) is 27.7 Å². The van der Waals surface area contributed by atoms with E-state index in [0.29, 0.717) is 0 Å². The summed E-state index contributed by atoms with van der Waals surface area (Å²) >= 11 is 0. The number of rotatable bonds is 6. The van der Waals surface area contributed by atoms with Crippen LogP contribution < -0.4 is 0 Å². The summed E-state index contributed by atoms with van der Waals surface area (Å²) in [5, 5.41) is 0. The highest BCUT2D eigenvalue weighted by molar-refractivity contribution is 6.19. The highest BCUT2D eigenvalue weighted by Crippen LogP contribution is 2.35. The van der Waals surface area contributed by atoms with Gasteiger partial charge in [0.05, 0.1) is 17.1 Å². The predicted octanol–water partition coefficient (Wildman–Crippen LogP) is 9.64. The molecule has 4 nitrogen and oxygen atoms in total. The topological polar surface area (TPSA) is 53.4 Å². The van der Waals surface area contributed by atoms with E-state index in [2.05, 4.69) is 154 Å². The van der Waals surface area contributed by atoms with Gasteiger partial charge in [-0.2, -0.15) is 0 Å². The third-order valence-electron chi connectivity index (χ3n) is 8.24. The minimum absolute atomic E-state index is 0.165. The minimum atomic E-state index is -0.165. The number of aliphatic imine (C=N–C) groups is 2. The van der Waals surface area contributed by atoms with Gasteiger partial charge >= 0.3 is 0 Å². The molecule has 214 valence electrons. The largest absolute Gasteiger partial charge is 0.337 e. The lowest BCUT2D eigenvalue weighted by Crippen LogP contribution is -2.09. The van der Waals surface area contributed by atoms with Crippen LogP contribution in [0.3, 0.4) is 0 Å². The minimum Gasteiger partial charge on any atom is -0.337 e. The Morgan fingerprint density at radius 3 is 1.66 bits per heavy atom. The molecule has 0 amide bonds. The van der Waals surface area contributed by atoms with Gasteiger partial charge in [0.2, 0.25) is 0 Å². The summed E-state index contributed by atoms with van der Waals surface area (Å²) in [6.45, 7) is 8.43. The zero-order valence-electron chi connectivity index (χ0n) is 25.5. The Bertz CT molecular complexity index is 1950. The number of aromatic nitrogens is 2. The standard InChI is InChI=1S/C40H34N4/c1-25-8-16-29(17-9-25)35-36(30-18-10-26(2)11-19-30)42-39(41-35)33-6-5-7-34(24-33)40-43-37(31-20-12-27(3)13-21-31)38(44-40)32-22-14-28(4)15-23-32/h5-24,35H,1-4H3,(H,43,44). The number of aromatic amines is 1. The van der Waals surface area contributed by atoms with Crippen LogP contribution in [0.1, 0.15) is 45.0 Å². The van der Waals surface area contributed by atoms with Gasteiger partial charge in [-0.05, 0) is 44.9 Å². The van der Waals surface area contributed by atoms with Crippen LogP contribution in [0.4, 0.5) is 0 Å². The third-order valence-corrected chi connectivity index (χ3v) is 8.24. The van der Waals surface area contributed by atoms with E-state index in [1.807, 2.05) is 0 Å². The molecule has 1 aliphatic heterocycles. The molecule has 1 N–H and O–H groups in total. The zero-order chi connectivity index (χ0) is 30.2. The van der Waals surface area contributed by atoms with E-state index in [0.717, 1.165) is 62.1 Å². The van der Waals surface area contributed by atoms with Crippen molar-refractivity contribution in [3.05, 3.63) is 160 Å². The van der Waals surface area contributed by atoms with Crippen LogP contribution in [-0.4, -0.2) is 21.5 Å². The molecule has 0 aliphatic carbocycles. The van der Waals surface area contributed by atoms with Crippen molar-refractivity contribution in [1.29, 1.82) is 0 Å². The molecule has 0 saturated heterocycles. The van der Waals surface area contributed by atoms with Gasteiger partial charge in [-0.15, -0.1) is 0 Å². The Hall–Kier alpha value is -5.35. The summed E-state index contributed by atoms with van der Waals surface area (Å²) in [5.41, 5.74) is 14.2. The molecule has 0 saturated carbocycles. The first-order valence-corrected chi connectivity index (χ1v) is 15.1. The van der Waals surface area contributed by atoms with Crippen molar-refractivity contribution in [2.24, 2.45) is 9.98 Å². The second-order valence-electron chi connectivity index (χ2n) is 11.8. The van der Waals surface area contributed by atoms with E-state index in [4.69, 9.17) is 15.0 Å². The summed E-state index contributed by atoms with van der Waals surface area (Å²) in [4.78, 5) is 19.1. The van der Waals surface area contributed by atoms with E-state index in [-0.39, 0.29) is 6.04 Å². The van der Waals surface area contributed by atoms with Crippen LogP contribution >= 0.6 is 0 Å². The van der Waals surface area contributed by atoms with Gasteiger partial charge in [-0.1, -0.05) is 138 Å². The fourth-order valence-corrected chi connectivity index (χ4v) is 5.62. The van der Waals surface area contributed by atoms with Gasteiger partial charge < -0.3 is 4.98 Å². The van der Waals surface area contributed by atoms with E-state index in [9.17, 15) is 0 Å². The lowest BCUT2D eigenvalue weighted by Gasteiger charge is -2.12. The molecule has 5 aromatic carbocycles. The summed E-state index contributed by atoms with van der Waals surface area (Å²) in [7, 11) is 0. The number of hydrogen-bond donors (Lipinski definition) is 1. The van der Waals surface area contributed by atoms with E-state index in [1.165, 1.54) is 22.3 Å². The molecule has 0 spiro atoms. The average molecular weight is 571 g/mol. The number of nitrogens with one attached hydrogen (secondary N) is 1. The number of benzene rings is 5. The van der Waals surface area contributed by atoms with Crippen molar-refractivity contribution in [2.45, 2.75) is 33.7 Å². The Morgan fingerprint density at radius 2 is 1.05 bits per heavy atom. The molecule has 7 rings (SSSR count). The average Bonchev–Trinajstić information content (AvgIpc) is 3.69. The fourth-order valence-electron chi connectivity index (χ4n) is 5.62. The molecule has 0 bridgehead atoms. The number of H-pyrrole nitrogens is 1. The number of nitrogens with zero attached hydrogens (tertiary/aromatic N) is 3. The number of hydrogen-bond acceptors (Lipinski definition) is 3. The Kier molecular flexibility index (Phi) is 7.11. The highest BCUT2D eigenvalue weighted by Gasteiger charge is 2.27. The second kappa shape index (κ2) is 11.4. The highest BCUT2D eigenvalue weighted by atomic mass is 15.0. The molecule has 1 aromatic heterocycles. The van der Waals surface area contributed by atoms with Crippen LogP contribution in [0.15, 0.2) is 131 Å². The fraction of sp³-hybridized carbons (Fsp3) is 0.125. The van der Waals surface area contributed by atoms with E-state index >= 15 is 0 Å². The van der Waals surface area contributed by atoms with Crippen LogP contribution in [0.5, 0.6) is 0 Å². The van der Waals surface area contributed by atoms with Crippen molar-refractivity contribution in [1.82, 2.24) is 9.97 Å². The van der Waals surface area contributed by atoms with Crippen LogP contribution in [0.25, 0.3) is 33.9 Å². The van der Waals surface area contributed by atoms with Crippen molar-refractivity contribution in [3.63, 3.8) is 0 Å². The molecule has 44 heavy (non-hydrogen) atoms. The first kappa shape index (κ1) is 27.5. The summed E-state index contributed by atoms with van der Waals surface area (Å²) in [6.07, 6.45) is 0. The molecule has 2 heterocycles. The second-order valence-corrected chi connectivity index (χ2v) is 11.8. The van der Waals surface area contributed by atoms with Gasteiger partial charge in [-0.3, -0.25) is 4.99 Å². The van der Waals surface area contributed by atoms with Crippen molar-refractivity contribution in [2.75, 3.05) is 0 Å². The molecule has 6 aromatic rings. The van der Waals surface area contributed by atoms with Crippen LogP contribution in [-0.2, 0) is 0 Å². The molecule has 1 aliphatic rings. The van der Waals surface area contributed by atoms with Gasteiger partial charge in [0.25, 0.3) is 0 Å². The number of aryl methyl sites for hydroxylation is 4. The van der Waals surface area contributed by atoms with E-state index < -0.39 is 0 Å². The summed E-state index contributed by atoms with van der Waals surface area (Å²) in [5.74, 6) is 1.55. The van der Waals surface area contributed by atoms with Crippen LogP contribution in [0.2, 0.25) is 0 Å². The van der Waals surface area contributed by atoms with Gasteiger partial charge in [0.15, 0.2) is 5.84 Å². The third kappa shape index (κ3) is 5.43. The lowest BCUT2D eigenvalue weighted by atomic mass is 9.96. The van der Waals surface area contributed by atoms with Gasteiger partial charge in [0.1, 0.15) is 11.9 Å². The number of imidazole rings is 1. The normalized spacial score (nSPS) is 14.4. The smallest absolute Gasteiger partial charge is 0.155 e. The summed E-state index contributed by atoms with van der Waals surface area (Å²) in [6, 6.07) is 42.5. The molecule has 1 unspecified atom stereocenters. The number of amidine groups is 1. The predicted molar refractivity (Wildman–Crippen MR) is 183 cm³/mol. The molecular formula is C40H34N4. The zero-order valence-corrected chi connectivity index (χ0v) is 25.5. The quantitative estimate of drug-likeness (QED) is 0.213. The Morgan fingerprint density at radius 1 is 0.523 bits per heavy atom. The first-order chi connectivity index (χ1) is 21.4. The van der Waals surface area contributed by atoms with Crippen molar-refractivity contribution >= 4 is 11.5 Å². The van der Waals surface area contributed by atoms with Crippen molar-refractivity contribution < 1.29 is 0 Å². The monoisotopic (exact) mass is 570 g/mol. The molecule has 0 fully saturated rings. The first-order valence-electron chi connectivity index (χ1n) is 15.1.